The van der Waals surface area contributed by atoms with Gasteiger partial charge in [-0.3, -0.25) is 9.59 Å². The van der Waals surface area contributed by atoms with E-state index in [0.29, 0.717) is 13.1 Å². The van der Waals surface area contributed by atoms with E-state index in [1.54, 1.807) is 12.5 Å². The molecule has 25 heavy (non-hydrogen) atoms. The van der Waals surface area contributed by atoms with Gasteiger partial charge in [0.25, 0.3) is 0 Å². The van der Waals surface area contributed by atoms with Crippen LogP contribution < -0.4 is 10.6 Å². The molecule has 0 atom stereocenters. The van der Waals surface area contributed by atoms with Crippen LogP contribution in [-0.4, -0.2) is 34.5 Å². The minimum absolute atomic E-state index is 0.0203. The molecular formula is C19H20N4O2. The molecule has 6 nitrogen and oxygen atoms in total. The average molecular weight is 336 g/mol. The van der Waals surface area contributed by atoms with Crippen molar-refractivity contribution >= 4 is 22.6 Å². The van der Waals surface area contributed by atoms with E-state index in [1.165, 1.54) is 0 Å². The van der Waals surface area contributed by atoms with Gasteiger partial charge < -0.3 is 15.2 Å². The maximum Gasteiger partial charge on any atom is 0.239 e. The normalized spacial score (nSPS) is 10.6. The molecule has 0 saturated heterocycles. The van der Waals surface area contributed by atoms with Crippen molar-refractivity contribution in [3.05, 3.63) is 66.7 Å². The van der Waals surface area contributed by atoms with E-state index < -0.39 is 0 Å². The highest BCUT2D eigenvalue weighted by Crippen LogP contribution is 2.18. The van der Waals surface area contributed by atoms with Crippen molar-refractivity contribution in [3.8, 4) is 0 Å². The van der Waals surface area contributed by atoms with E-state index >= 15 is 0 Å². The Kier molecular flexibility index (Phi) is 5.41. The summed E-state index contributed by atoms with van der Waals surface area (Å²) in [4.78, 5) is 27.8. The van der Waals surface area contributed by atoms with Crippen LogP contribution in [0.4, 0.5) is 0 Å². The second kappa shape index (κ2) is 8.10. The van der Waals surface area contributed by atoms with E-state index in [2.05, 4.69) is 15.6 Å². The molecule has 0 aliphatic carbocycles. The van der Waals surface area contributed by atoms with Crippen molar-refractivity contribution in [1.29, 1.82) is 0 Å². The first-order chi connectivity index (χ1) is 12.2. The summed E-state index contributed by atoms with van der Waals surface area (Å²) in [5, 5.41) is 7.60. The summed E-state index contributed by atoms with van der Waals surface area (Å²) in [6.07, 6.45) is 5.47. The highest BCUT2D eigenvalue weighted by Gasteiger charge is 2.08. The van der Waals surface area contributed by atoms with Crippen molar-refractivity contribution < 1.29 is 9.59 Å². The standard InChI is InChI=1S/C19H20N4O2/c24-18(12-16-6-3-5-15-4-1-2-7-17(15)16)22-13-19(25)21-9-11-23-10-8-20-14-23/h1-8,10,14H,9,11-13H2,(H,21,25)(H,22,24). The van der Waals surface area contributed by atoms with Gasteiger partial charge in [-0.15, -0.1) is 0 Å². The zero-order valence-electron chi connectivity index (χ0n) is 13.8. The summed E-state index contributed by atoms with van der Waals surface area (Å²) in [6, 6.07) is 13.8. The molecule has 0 aliphatic heterocycles. The van der Waals surface area contributed by atoms with Crippen LogP contribution >= 0.6 is 0 Å². The lowest BCUT2D eigenvalue weighted by molar-refractivity contribution is -0.125. The maximum atomic E-state index is 12.1. The summed E-state index contributed by atoms with van der Waals surface area (Å²) in [5.41, 5.74) is 0.955. The number of nitrogens with one attached hydrogen (secondary N) is 2. The Morgan fingerprint density at radius 3 is 2.68 bits per heavy atom. The van der Waals surface area contributed by atoms with Crippen molar-refractivity contribution in [2.75, 3.05) is 13.1 Å². The fourth-order valence-corrected chi connectivity index (χ4v) is 2.67. The number of imidazole rings is 1. The molecule has 6 heteroatoms. The van der Waals surface area contributed by atoms with Crippen molar-refractivity contribution in [3.63, 3.8) is 0 Å². The van der Waals surface area contributed by atoms with Gasteiger partial charge in [-0.2, -0.15) is 0 Å². The molecule has 1 aromatic heterocycles. The summed E-state index contributed by atoms with van der Waals surface area (Å²) < 4.78 is 1.87. The first-order valence-electron chi connectivity index (χ1n) is 8.18. The van der Waals surface area contributed by atoms with Crippen LogP contribution in [0.15, 0.2) is 61.2 Å². The number of aromatic nitrogens is 2. The third-order valence-corrected chi connectivity index (χ3v) is 3.93. The van der Waals surface area contributed by atoms with Gasteiger partial charge in [-0.25, -0.2) is 4.98 Å². The Morgan fingerprint density at radius 2 is 1.84 bits per heavy atom. The van der Waals surface area contributed by atoms with Gasteiger partial charge in [-0.05, 0) is 16.3 Å². The number of carbonyl (C=O) groups excluding carboxylic acids is 2. The molecule has 0 unspecified atom stereocenters. The molecule has 0 bridgehead atoms. The smallest absolute Gasteiger partial charge is 0.239 e. The zero-order chi connectivity index (χ0) is 17.5. The number of hydrogen-bond acceptors (Lipinski definition) is 3. The predicted molar refractivity (Wildman–Crippen MR) is 95.9 cm³/mol. The quantitative estimate of drug-likeness (QED) is 0.687. The number of rotatable bonds is 7. The highest BCUT2D eigenvalue weighted by molar-refractivity contribution is 5.91. The van der Waals surface area contributed by atoms with E-state index in [1.807, 2.05) is 53.2 Å². The second-order valence-corrected chi connectivity index (χ2v) is 5.74. The molecule has 3 aromatic rings. The van der Waals surface area contributed by atoms with Gasteiger partial charge in [0.15, 0.2) is 0 Å². The number of benzene rings is 2. The van der Waals surface area contributed by atoms with Gasteiger partial charge in [-0.1, -0.05) is 42.5 Å². The molecule has 2 aromatic carbocycles. The lowest BCUT2D eigenvalue weighted by atomic mass is 10.0. The van der Waals surface area contributed by atoms with Gasteiger partial charge in [0, 0.05) is 25.5 Å². The fourth-order valence-electron chi connectivity index (χ4n) is 2.67. The molecule has 1 heterocycles. The number of amides is 2. The molecule has 3 rings (SSSR count). The van der Waals surface area contributed by atoms with Crippen LogP contribution in [-0.2, 0) is 22.6 Å². The van der Waals surface area contributed by atoms with Crippen LogP contribution in [0, 0.1) is 0 Å². The van der Waals surface area contributed by atoms with Crippen LogP contribution in [0.5, 0.6) is 0 Å². The fraction of sp³-hybridized carbons (Fsp3) is 0.211. The monoisotopic (exact) mass is 336 g/mol. The first kappa shape index (κ1) is 16.7. The molecule has 0 radical (unpaired) electrons. The molecular weight excluding hydrogens is 316 g/mol. The van der Waals surface area contributed by atoms with E-state index in [-0.39, 0.29) is 24.8 Å². The molecule has 0 spiro atoms. The third-order valence-electron chi connectivity index (χ3n) is 3.93. The average Bonchev–Trinajstić information content (AvgIpc) is 3.14. The SMILES string of the molecule is O=C(CNC(=O)Cc1cccc2ccccc12)NCCn1ccnc1. The topological polar surface area (TPSA) is 76.0 Å². The summed E-state index contributed by atoms with van der Waals surface area (Å²) in [5.74, 6) is -0.368. The Labute approximate surface area is 145 Å². The van der Waals surface area contributed by atoms with Gasteiger partial charge >= 0.3 is 0 Å². The Balaban J connectivity index is 1.45. The predicted octanol–water partition coefficient (Wildman–Crippen LogP) is 1.51. The molecule has 2 N–H and O–H groups in total. The number of nitrogens with zero attached hydrogens (tertiary/aromatic N) is 2. The maximum absolute atomic E-state index is 12.1. The van der Waals surface area contributed by atoms with Crippen LogP contribution in [0.25, 0.3) is 10.8 Å². The lowest BCUT2D eigenvalue weighted by Crippen LogP contribution is -2.38. The van der Waals surface area contributed by atoms with Gasteiger partial charge in [0.2, 0.25) is 11.8 Å². The van der Waals surface area contributed by atoms with Crippen LogP contribution in [0.3, 0.4) is 0 Å². The first-order valence-corrected chi connectivity index (χ1v) is 8.18. The number of hydrogen-bond donors (Lipinski definition) is 2. The number of carbonyl (C=O) groups is 2. The summed E-state index contributed by atoms with van der Waals surface area (Å²) >= 11 is 0. The van der Waals surface area contributed by atoms with E-state index in [0.717, 1.165) is 16.3 Å². The zero-order valence-corrected chi connectivity index (χ0v) is 13.8. The van der Waals surface area contributed by atoms with Crippen LogP contribution in [0.2, 0.25) is 0 Å². The number of fused-ring (bicyclic) bond motifs is 1. The molecule has 2 amide bonds. The largest absolute Gasteiger partial charge is 0.353 e. The summed E-state index contributed by atoms with van der Waals surface area (Å²) in [6.45, 7) is 1.12. The Bertz CT molecular complexity index is 854. The van der Waals surface area contributed by atoms with E-state index in [4.69, 9.17) is 0 Å². The van der Waals surface area contributed by atoms with E-state index in [9.17, 15) is 9.59 Å². The van der Waals surface area contributed by atoms with Crippen molar-refractivity contribution in [2.45, 2.75) is 13.0 Å². The Morgan fingerprint density at radius 1 is 1.00 bits per heavy atom. The second-order valence-electron chi connectivity index (χ2n) is 5.74. The molecule has 0 fully saturated rings. The van der Waals surface area contributed by atoms with Crippen molar-refractivity contribution in [1.82, 2.24) is 20.2 Å². The molecule has 0 saturated carbocycles. The Hall–Kier alpha value is -3.15. The minimum atomic E-state index is -0.202. The molecule has 128 valence electrons. The van der Waals surface area contributed by atoms with Crippen molar-refractivity contribution in [2.24, 2.45) is 0 Å². The van der Waals surface area contributed by atoms with Gasteiger partial charge in [0.1, 0.15) is 0 Å². The third kappa shape index (κ3) is 4.67. The highest BCUT2D eigenvalue weighted by atomic mass is 16.2. The lowest BCUT2D eigenvalue weighted by Gasteiger charge is -2.09. The molecule has 0 aliphatic rings. The minimum Gasteiger partial charge on any atom is -0.353 e. The summed E-state index contributed by atoms with van der Waals surface area (Å²) in [7, 11) is 0. The van der Waals surface area contributed by atoms with Gasteiger partial charge in [0.05, 0.1) is 19.3 Å². The van der Waals surface area contributed by atoms with Crippen LogP contribution in [0.1, 0.15) is 5.56 Å².